The minimum atomic E-state index is -4.63. The van der Waals surface area contributed by atoms with E-state index in [4.69, 9.17) is 10.5 Å². The first-order valence-corrected chi connectivity index (χ1v) is 13.8. The Morgan fingerprint density at radius 1 is 1.07 bits per heavy atom. The van der Waals surface area contributed by atoms with Crippen molar-refractivity contribution in [1.82, 2.24) is 14.8 Å². The molecule has 0 saturated heterocycles. The Morgan fingerprint density at radius 3 is 2.56 bits per heavy atom. The highest BCUT2D eigenvalue weighted by Crippen LogP contribution is 2.43. The summed E-state index contributed by atoms with van der Waals surface area (Å²) in [6.45, 7) is 0.711. The van der Waals surface area contributed by atoms with Gasteiger partial charge in [0.05, 0.1) is 18.4 Å². The van der Waals surface area contributed by atoms with Crippen molar-refractivity contribution in [3.8, 4) is 33.1 Å². The molecule has 1 aliphatic rings. The number of carboxylic acids is 1. The molecule has 43 heavy (non-hydrogen) atoms. The van der Waals surface area contributed by atoms with Crippen LogP contribution in [0.25, 0.3) is 27.4 Å². The van der Waals surface area contributed by atoms with Crippen LogP contribution in [0, 0.1) is 0 Å². The molecule has 0 spiro atoms. The average molecular weight is 606 g/mol. The molecule has 0 bridgehead atoms. The van der Waals surface area contributed by atoms with Gasteiger partial charge in [-0.3, -0.25) is 4.79 Å². The SMILES string of the molecule is NCc1ccc(NC(=O)c2cc3c(cc2-c2ccc(-n4cc(C(F)(F)F)cn4)nc2C(=O)O)OCCc2ccsc2-3)cc1. The van der Waals surface area contributed by atoms with Crippen LogP contribution in [0.1, 0.15) is 37.5 Å². The molecule has 4 heterocycles. The van der Waals surface area contributed by atoms with E-state index in [-0.39, 0.29) is 22.5 Å². The Bertz CT molecular complexity index is 1860. The number of carbonyl (C=O) groups is 2. The molecule has 1 amide bonds. The van der Waals surface area contributed by atoms with Crippen LogP contribution in [0.5, 0.6) is 5.75 Å². The number of halogens is 3. The maximum atomic E-state index is 13.8. The number of nitrogens with one attached hydrogen (secondary N) is 1. The molecule has 6 rings (SSSR count). The zero-order valence-electron chi connectivity index (χ0n) is 22.2. The number of pyridine rings is 1. The summed E-state index contributed by atoms with van der Waals surface area (Å²) in [6.07, 6.45) is -2.64. The molecule has 2 aromatic carbocycles. The highest BCUT2D eigenvalue weighted by molar-refractivity contribution is 7.13. The fraction of sp³-hybridized carbons (Fsp3) is 0.133. The van der Waals surface area contributed by atoms with Crippen LogP contribution in [-0.2, 0) is 19.1 Å². The third-order valence-electron chi connectivity index (χ3n) is 6.95. The number of thiophene rings is 1. The number of carbonyl (C=O) groups excluding carboxylic acids is 1. The maximum absolute atomic E-state index is 13.8. The van der Waals surface area contributed by atoms with E-state index in [0.717, 1.165) is 26.9 Å². The smallest absolute Gasteiger partial charge is 0.419 e. The largest absolute Gasteiger partial charge is 0.493 e. The van der Waals surface area contributed by atoms with Gasteiger partial charge in [0.1, 0.15) is 5.75 Å². The van der Waals surface area contributed by atoms with Gasteiger partial charge in [-0.05, 0) is 59.0 Å². The van der Waals surface area contributed by atoms with E-state index in [9.17, 15) is 27.9 Å². The maximum Gasteiger partial charge on any atom is 0.419 e. The summed E-state index contributed by atoms with van der Waals surface area (Å²) >= 11 is 1.50. The Kier molecular flexibility index (Phi) is 7.20. The fourth-order valence-electron chi connectivity index (χ4n) is 4.80. The molecular weight excluding hydrogens is 583 g/mol. The number of benzene rings is 2. The third-order valence-corrected chi connectivity index (χ3v) is 7.94. The number of carboxylic acid groups (broad SMARTS) is 1. The van der Waals surface area contributed by atoms with E-state index in [0.29, 0.717) is 42.8 Å². The molecule has 13 heteroatoms. The standard InChI is InChI=1S/C30H22F3N5O4S/c31-30(32,33)18-14-35-38(15-18)25-6-5-20(26(37-25)29(40)41)21-12-24-23(27-17(7-9-42-24)8-10-43-27)11-22(21)28(39)36-19-3-1-16(13-34)2-4-19/h1-6,8,10-12,14-15H,7,9,13,34H2,(H,36,39)(H,40,41). The number of aromatic nitrogens is 3. The second-order valence-corrected chi connectivity index (χ2v) is 10.6. The highest BCUT2D eigenvalue weighted by atomic mass is 32.1. The predicted octanol–water partition coefficient (Wildman–Crippen LogP) is 6.03. The third kappa shape index (κ3) is 5.47. The lowest BCUT2D eigenvalue weighted by molar-refractivity contribution is -0.137. The lowest BCUT2D eigenvalue weighted by atomic mass is 9.93. The molecule has 0 saturated carbocycles. The molecule has 0 fully saturated rings. The summed E-state index contributed by atoms with van der Waals surface area (Å²) in [5, 5.41) is 18.6. The summed E-state index contributed by atoms with van der Waals surface area (Å²) in [7, 11) is 0. The van der Waals surface area contributed by atoms with Crippen LogP contribution in [0.4, 0.5) is 18.9 Å². The molecule has 218 valence electrons. The van der Waals surface area contributed by atoms with Crippen LogP contribution in [0.15, 0.2) is 72.4 Å². The van der Waals surface area contributed by atoms with E-state index < -0.39 is 29.3 Å². The molecule has 0 radical (unpaired) electrons. The second kappa shape index (κ2) is 11.0. The Balaban J connectivity index is 1.49. The van der Waals surface area contributed by atoms with Crippen LogP contribution in [-0.4, -0.2) is 38.4 Å². The molecule has 9 nitrogen and oxygen atoms in total. The fourth-order valence-corrected chi connectivity index (χ4v) is 5.78. The molecule has 0 aliphatic carbocycles. The van der Waals surface area contributed by atoms with Crippen molar-refractivity contribution in [2.24, 2.45) is 5.73 Å². The zero-order valence-corrected chi connectivity index (χ0v) is 23.0. The summed E-state index contributed by atoms with van der Waals surface area (Å²) in [4.78, 5) is 31.3. The molecule has 4 N–H and O–H groups in total. The van der Waals surface area contributed by atoms with E-state index in [2.05, 4.69) is 15.4 Å². The van der Waals surface area contributed by atoms with Gasteiger partial charge in [0.25, 0.3) is 5.91 Å². The monoisotopic (exact) mass is 605 g/mol. The summed E-state index contributed by atoms with van der Waals surface area (Å²) in [5.74, 6) is -1.64. The van der Waals surface area contributed by atoms with Crippen molar-refractivity contribution in [2.45, 2.75) is 19.1 Å². The van der Waals surface area contributed by atoms with Crippen LogP contribution in [0.2, 0.25) is 0 Å². The van der Waals surface area contributed by atoms with Gasteiger partial charge in [-0.1, -0.05) is 12.1 Å². The minimum absolute atomic E-state index is 0.0742. The number of rotatable bonds is 6. The van der Waals surface area contributed by atoms with Crippen molar-refractivity contribution in [2.75, 3.05) is 11.9 Å². The first kappa shape index (κ1) is 28.1. The van der Waals surface area contributed by atoms with Gasteiger partial charge in [-0.2, -0.15) is 18.3 Å². The van der Waals surface area contributed by atoms with E-state index in [1.54, 1.807) is 36.4 Å². The van der Waals surface area contributed by atoms with Crippen LogP contribution in [0.3, 0.4) is 0 Å². The van der Waals surface area contributed by atoms with Crippen molar-refractivity contribution < 1.29 is 32.6 Å². The van der Waals surface area contributed by atoms with Gasteiger partial charge in [-0.15, -0.1) is 11.3 Å². The van der Waals surface area contributed by atoms with E-state index in [1.807, 2.05) is 11.4 Å². The highest BCUT2D eigenvalue weighted by Gasteiger charge is 2.33. The molecular formula is C30H22F3N5O4S. The number of anilines is 1. The number of alkyl halides is 3. The minimum Gasteiger partial charge on any atom is -0.493 e. The summed E-state index contributed by atoms with van der Waals surface area (Å²) in [6, 6.07) is 15.0. The first-order chi connectivity index (χ1) is 20.6. The van der Waals surface area contributed by atoms with Crippen molar-refractivity contribution >= 4 is 28.9 Å². The number of aromatic carboxylic acids is 1. The van der Waals surface area contributed by atoms with E-state index in [1.165, 1.54) is 23.5 Å². The number of hydrogen-bond acceptors (Lipinski definition) is 7. The Labute approximate surface area is 246 Å². The van der Waals surface area contributed by atoms with Crippen LogP contribution >= 0.6 is 11.3 Å². The first-order valence-electron chi connectivity index (χ1n) is 13.0. The Hall–Kier alpha value is -5.01. The van der Waals surface area contributed by atoms with Crippen molar-refractivity contribution in [3.05, 3.63) is 100 Å². The van der Waals surface area contributed by atoms with Gasteiger partial charge in [0.2, 0.25) is 0 Å². The van der Waals surface area contributed by atoms with Crippen molar-refractivity contribution in [3.63, 3.8) is 0 Å². The van der Waals surface area contributed by atoms with E-state index >= 15 is 0 Å². The number of amides is 1. The lowest BCUT2D eigenvalue weighted by Crippen LogP contribution is -2.15. The van der Waals surface area contributed by atoms with Gasteiger partial charge >= 0.3 is 12.1 Å². The lowest BCUT2D eigenvalue weighted by Gasteiger charge is -2.17. The number of fused-ring (bicyclic) bond motifs is 3. The predicted molar refractivity (Wildman–Crippen MR) is 154 cm³/mol. The quantitative estimate of drug-likeness (QED) is 0.215. The second-order valence-electron chi connectivity index (χ2n) is 9.66. The molecule has 0 atom stereocenters. The number of nitrogens with two attached hydrogens (primary N) is 1. The number of ether oxygens (including phenoxy) is 1. The summed E-state index contributed by atoms with van der Waals surface area (Å²) < 4.78 is 46.3. The molecule has 5 aromatic rings. The van der Waals surface area contributed by atoms with Crippen LogP contribution < -0.4 is 15.8 Å². The molecule has 1 aliphatic heterocycles. The van der Waals surface area contributed by atoms with Crippen molar-refractivity contribution in [1.29, 1.82) is 0 Å². The Morgan fingerprint density at radius 2 is 1.86 bits per heavy atom. The summed E-state index contributed by atoms with van der Waals surface area (Å²) in [5.41, 5.74) is 7.78. The topological polar surface area (TPSA) is 132 Å². The zero-order chi connectivity index (χ0) is 30.3. The number of hydrogen-bond donors (Lipinski definition) is 3. The van der Waals surface area contributed by atoms with Gasteiger partial charge in [0, 0.05) is 52.0 Å². The van der Waals surface area contributed by atoms with Gasteiger partial charge < -0.3 is 20.9 Å². The van der Waals surface area contributed by atoms with Gasteiger partial charge in [-0.25, -0.2) is 14.5 Å². The molecule has 3 aromatic heterocycles. The number of nitrogens with zero attached hydrogens (tertiary/aromatic N) is 3. The molecule has 0 unspecified atom stereocenters. The normalized spacial score (nSPS) is 12.6. The average Bonchev–Trinajstić information content (AvgIpc) is 3.65. The van der Waals surface area contributed by atoms with Gasteiger partial charge in [0.15, 0.2) is 11.5 Å².